The SMILES string of the molecule is O=C(/C=C/c1ccccn1)N1CCCN(C(=O)CC2CCCC2)CC1. The van der Waals surface area contributed by atoms with Gasteiger partial charge in [0.15, 0.2) is 0 Å². The summed E-state index contributed by atoms with van der Waals surface area (Å²) in [4.78, 5) is 32.9. The van der Waals surface area contributed by atoms with Crippen LogP contribution in [-0.2, 0) is 9.59 Å². The number of carbonyl (C=O) groups excluding carboxylic acids is 2. The van der Waals surface area contributed by atoms with Crippen LogP contribution in [0.15, 0.2) is 30.5 Å². The molecule has 1 aromatic rings. The highest BCUT2D eigenvalue weighted by atomic mass is 16.2. The van der Waals surface area contributed by atoms with Crippen molar-refractivity contribution >= 4 is 17.9 Å². The molecule has 0 radical (unpaired) electrons. The predicted octanol–water partition coefficient (Wildman–Crippen LogP) is 2.74. The molecule has 3 rings (SSSR count). The quantitative estimate of drug-likeness (QED) is 0.791. The lowest BCUT2D eigenvalue weighted by atomic mass is 10.0. The minimum atomic E-state index is -0.00394. The molecule has 0 N–H and O–H groups in total. The van der Waals surface area contributed by atoms with Crippen molar-refractivity contribution in [3.05, 3.63) is 36.2 Å². The molecule has 1 saturated heterocycles. The Morgan fingerprint density at radius 1 is 1.04 bits per heavy atom. The van der Waals surface area contributed by atoms with Crippen LogP contribution in [0.5, 0.6) is 0 Å². The molecular formula is C20H27N3O2. The van der Waals surface area contributed by atoms with Gasteiger partial charge in [-0.2, -0.15) is 0 Å². The van der Waals surface area contributed by atoms with E-state index in [4.69, 9.17) is 0 Å². The number of amides is 2. The lowest BCUT2D eigenvalue weighted by molar-refractivity contribution is -0.132. The summed E-state index contributed by atoms with van der Waals surface area (Å²) in [5.74, 6) is 0.843. The van der Waals surface area contributed by atoms with Gasteiger partial charge in [-0.05, 0) is 43.4 Å². The van der Waals surface area contributed by atoms with Gasteiger partial charge < -0.3 is 9.80 Å². The molecular weight excluding hydrogens is 314 g/mol. The van der Waals surface area contributed by atoms with Crippen LogP contribution >= 0.6 is 0 Å². The molecule has 25 heavy (non-hydrogen) atoms. The highest BCUT2D eigenvalue weighted by molar-refractivity contribution is 5.91. The Morgan fingerprint density at radius 2 is 1.80 bits per heavy atom. The molecule has 0 aromatic carbocycles. The van der Waals surface area contributed by atoms with Crippen LogP contribution in [-0.4, -0.2) is 52.8 Å². The van der Waals surface area contributed by atoms with Gasteiger partial charge in [0.25, 0.3) is 0 Å². The maximum Gasteiger partial charge on any atom is 0.246 e. The highest BCUT2D eigenvalue weighted by Gasteiger charge is 2.24. The van der Waals surface area contributed by atoms with Crippen molar-refractivity contribution in [2.75, 3.05) is 26.2 Å². The molecule has 5 heteroatoms. The summed E-state index contributed by atoms with van der Waals surface area (Å²) in [6, 6.07) is 5.62. The third kappa shape index (κ3) is 5.15. The largest absolute Gasteiger partial charge is 0.341 e. The van der Waals surface area contributed by atoms with Gasteiger partial charge in [-0.25, -0.2) is 0 Å². The second-order valence-corrected chi connectivity index (χ2v) is 7.00. The fourth-order valence-corrected chi connectivity index (χ4v) is 3.71. The smallest absolute Gasteiger partial charge is 0.246 e. The van der Waals surface area contributed by atoms with E-state index in [0.29, 0.717) is 32.0 Å². The fraction of sp³-hybridized carbons (Fsp3) is 0.550. The number of rotatable bonds is 4. The Hall–Kier alpha value is -2.17. The van der Waals surface area contributed by atoms with Crippen molar-refractivity contribution in [3.63, 3.8) is 0 Å². The van der Waals surface area contributed by atoms with Gasteiger partial charge in [0.2, 0.25) is 11.8 Å². The van der Waals surface area contributed by atoms with E-state index in [9.17, 15) is 9.59 Å². The standard InChI is InChI=1S/C20H27N3O2/c24-19(10-9-18-8-3-4-11-21-18)22-12-5-13-23(15-14-22)20(25)16-17-6-1-2-7-17/h3-4,8-11,17H,1-2,5-7,12-16H2/b10-9+. The van der Waals surface area contributed by atoms with Gasteiger partial charge in [0, 0.05) is 44.9 Å². The van der Waals surface area contributed by atoms with Crippen LogP contribution in [0.4, 0.5) is 0 Å². The van der Waals surface area contributed by atoms with Crippen LogP contribution in [0.25, 0.3) is 6.08 Å². The van der Waals surface area contributed by atoms with Crippen molar-refractivity contribution in [1.82, 2.24) is 14.8 Å². The zero-order valence-electron chi connectivity index (χ0n) is 14.8. The molecule has 1 saturated carbocycles. The average Bonchev–Trinajstić information content (AvgIpc) is 3.01. The summed E-state index contributed by atoms with van der Waals surface area (Å²) >= 11 is 0. The molecule has 1 aromatic heterocycles. The second-order valence-electron chi connectivity index (χ2n) is 7.00. The monoisotopic (exact) mass is 341 g/mol. The zero-order chi connectivity index (χ0) is 17.5. The Labute approximate surface area is 149 Å². The van der Waals surface area contributed by atoms with Crippen molar-refractivity contribution in [2.24, 2.45) is 5.92 Å². The molecule has 0 unspecified atom stereocenters. The molecule has 0 atom stereocenters. The summed E-state index contributed by atoms with van der Waals surface area (Å²) in [5.41, 5.74) is 0.777. The molecule has 134 valence electrons. The molecule has 1 aliphatic heterocycles. The minimum Gasteiger partial charge on any atom is -0.341 e. The Kier molecular flexibility index (Phi) is 6.20. The number of aromatic nitrogens is 1. The number of nitrogens with zero attached hydrogens (tertiary/aromatic N) is 3. The topological polar surface area (TPSA) is 53.5 Å². The van der Waals surface area contributed by atoms with Gasteiger partial charge in [0.1, 0.15) is 0 Å². The molecule has 2 heterocycles. The Balaban J connectivity index is 1.49. The van der Waals surface area contributed by atoms with Crippen molar-refractivity contribution in [2.45, 2.75) is 38.5 Å². The lowest BCUT2D eigenvalue weighted by Gasteiger charge is -2.22. The maximum atomic E-state index is 12.5. The Morgan fingerprint density at radius 3 is 2.56 bits per heavy atom. The lowest BCUT2D eigenvalue weighted by Crippen LogP contribution is -2.37. The molecule has 0 spiro atoms. The first kappa shape index (κ1) is 17.6. The van der Waals surface area contributed by atoms with Gasteiger partial charge in [-0.3, -0.25) is 14.6 Å². The molecule has 2 aliphatic rings. The van der Waals surface area contributed by atoms with E-state index in [1.165, 1.54) is 25.7 Å². The van der Waals surface area contributed by atoms with Gasteiger partial charge >= 0.3 is 0 Å². The van der Waals surface area contributed by atoms with E-state index in [2.05, 4.69) is 4.98 Å². The molecule has 2 fully saturated rings. The molecule has 0 bridgehead atoms. The van der Waals surface area contributed by atoms with Crippen LogP contribution < -0.4 is 0 Å². The van der Waals surface area contributed by atoms with Crippen molar-refractivity contribution in [1.29, 1.82) is 0 Å². The van der Waals surface area contributed by atoms with E-state index in [-0.39, 0.29) is 11.8 Å². The van der Waals surface area contributed by atoms with Crippen LogP contribution in [0.3, 0.4) is 0 Å². The summed E-state index contributed by atoms with van der Waals surface area (Å²) in [6.07, 6.45) is 11.5. The number of hydrogen-bond donors (Lipinski definition) is 0. The predicted molar refractivity (Wildman–Crippen MR) is 97.6 cm³/mol. The summed E-state index contributed by atoms with van der Waals surface area (Å²) < 4.78 is 0. The highest BCUT2D eigenvalue weighted by Crippen LogP contribution is 2.28. The van der Waals surface area contributed by atoms with E-state index < -0.39 is 0 Å². The van der Waals surface area contributed by atoms with Crippen LogP contribution in [0.1, 0.15) is 44.2 Å². The second kappa shape index (κ2) is 8.79. The summed E-state index contributed by atoms with van der Waals surface area (Å²) in [5, 5.41) is 0. The zero-order valence-corrected chi connectivity index (χ0v) is 14.8. The normalized spacial score (nSPS) is 19.4. The van der Waals surface area contributed by atoms with Gasteiger partial charge in [-0.1, -0.05) is 18.9 Å². The first-order chi connectivity index (χ1) is 12.2. The minimum absolute atomic E-state index is 0.00394. The first-order valence-electron chi connectivity index (χ1n) is 9.38. The summed E-state index contributed by atoms with van der Waals surface area (Å²) in [7, 11) is 0. The van der Waals surface area contributed by atoms with E-state index in [1.807, 2.05) is 28.0 Å². The third-order valence-electron chi connectivity index (χ3n) is 5.18. The number of carbonyl (C=O) groups is 2. The maximum absolute atomic E-state index is 12.5. The molecule has 1 aliphatic carbocycles. The number of hydrogen-bond acceptors (Lipinski definition) is 3. The van der Waals surface area contributed by atoms with Crippen LogP contribution in [0, 0.1) is 5.92 Å². The number of pyridine rings is 1. The van der Waals surface area contributed by atoms with Crippen LogP contribution in [0.2, 0.25) is 0 Å². The van der Waals surface area contributed by atoms with Crippen molar-refractivity contribution < 1.29 is 9.59 Å². The van der Waals surface area contributed by atoms with Crippen molar-refractivity contribution in [3.8, 4) is 0 Å². The van der Waals surface area contributed by atoms with Gasteiger partial charge in [-0.15, -0.1) is 0 Å². The Bertz CT molecular complexity index is 609. The van der Waals surface area contributed by atoms with E-state index in [1.54, 1.807) is 18.3 Å². The first-order valence-corrected chi connectivity index (χ1v) is 9.38. The average molecular weight is 341 g/mol. The van der Waals surface area contributed by atoms with Gasteiger partial charge in [0.05, 0.1) is 5.69 Å². The fourth-order valence-electron chi connectivity index (χ4n) is 3.71. The summed E-state index contributed by atoms with van der Waals surface area (Å²) in [6.45, 7) is 2.73. The third-order valence-corrected chi connectivity index (χ3v) is 5.18. The molecule has 2 amide bonds. The van der Waals surface area contributed by atoms with E-state index in [0.717, 1.165) is 18.7 Å². The van der Waals surface area contributed by atoms with E-state index >= 15 is 0 Å². The molecule has 5 nitrogen and oxygen atoms in total.